The Hall–Kier alpha value is -3.71. The van der Waals surface area contributed by atoms with Crippen LogP contribution >= 0.6 is 11.8 Å². The number of rotatable bonds is 6. The Balaban J connectivity index is 1.73. The maximum atomic E-state index is 12.3. The number of nitrogens with one attached hydrogen (secondary N) is 1. The molecule has 7 heteroatoms. The minimum absolute atomic E-state index is 0.157. The second-order valence-corrected chi connectivity index (χ2v) is 7.80. The summed E-state index contributed by atoms with van der Waals surface area (Å²) < 4.78 is 1.94. The highest BCUT2D eigenvalue weighted by Crippen LogP contribution is 2.29. The van der Waals surface area contributed by atoms with Gasteiger partial charge in [0.1, 0.15) is 0 Å². The van der Waals surface area contributed by atoms with Crippen molar-refractivity contribution in [2.45, 2.75) is 19.0 Å². The molecule has 3 aromatic carbocycles. The molecule has 0 unspecified atom stereocenters. The van der Waals surface area contributed by atoms with Crippen LogP contribution in [0.1, 0.15) is 12.5 Å². The number of hydrogen-bond donors (Lipinski definition) is 1. The molecule has 4 aromatic rings. The summed E-state index contributed by atoms with van der Waals surface area (Å²) in [5.74, 6) is 0.541. The first-order valence-electron chi connectivity index (χ1n) is 9.78. The van der Waals surface area contributed by atoms with E-state index in [1.807, 2.05) is 96.4 Å². The molecule has 31 heavy (non-hydrogen) atoms. The molecule has 4 rings (SSSR count). The van der Waals surface area contributed by atoms with Gasteiger partial charge in [-0.05, 0) is 42.4 Å². The van der Waals surface area contributed by atoms with Gasteiger partial charge in [-0.3, -0.25) is 14.8 Å². The van der Waals surface area contributed by atoms with Crippen molar-refractivity contribution in [3.8, 4) is 17.1 Å². The number of hydrogen-bond acceptors (Lipinski definition) is 6. The molecule has 0 aliphatic carbocycles. The monoisotopic (exact) mass is 427 g/mol. The predicted octanol–water partition coefficient (Wildman–Crippen LogP) is 5.35. The molecule has 0 atom stereocenters. The van der Waals surface area contributed by atoms with E-state index in [-0.39, 0.29) is 5.78 Å². The van der Waals surface area contributed by atoms with Crippen LogP contribution in [0.25, 0.3) is 17.1 Å². The number of carbonyl (C=O) groups excluding carboxylic acids is 1. The van der Waals surface area contributed by atoms with Crippen LogP contribution in [0.2, 0.25) is 0 Å². The van der Waals surface area contributed by atoms with Crippen molar-refractivity contribution >= 4 is 28.3 Å². The summed E-state index contributed by atoms with van der Waals surface area (Å²) in [5.41, 5.74) is 6.73. The lowest BCUT2D eigenvalue weighted by atomic mass is 10.2. The standard InChI is InChI=1S/C24H21N5OS/c1-17-11-9-10-16-21(17)25-27-23(18(2)30)31-24-28-26-22(19-12-5-3-6-13-19)29(24)20-14-7-4-8-15-20/h3-16,25H,1-2H3/b27-23+. The van der Waals surface area contributed by atoms with E-state index in [9.17, 15) is 4.79 Å². The Morgan fingerprint density at radius 2 is 1.55 bits per heavy atom. The van der Waals surface area contributed by atoms with E-state index in [0.717, 1.165) is 22.5 Å². The fourth-order valence-electron chi connectivity index (χ4n) is 2.99. The van der Waals surface area contributed by atoms with E-state index in [1.165, 1.54) is 18.7 Å². The molecule has 0 radical (unpaired) electrons. The van der Waals surface area contributed by atoms with Crippen molar-refractivity contribution in [3.05, 3.63) is 90.5 Å². The van der Waals surface area contributed by atoms with E-state index in [1.54, 1.807) is 0 Å². The first-order valence-corrected chi connectivity index (χ1v) is 10.6. The molecule has 154 valence electrons. The number of Topliss-reactive ketones (excluding diaryl/α,β-unsaturated/α-hetero) is 1. The summed E-state index contributed by atoms with van der Waals surface area (Å²) in [7, 11) is 0. The molecular weight excluding hydrogens is 406 g/mol. The van der Waals surface area contributed by atoms with Crippen LogP contribution in [0.4, 0.5) is 5.69 Å². The predicted molar refractivity (Wildman–Crippen MR) is 126 cm³/mol. The zero-order valence-electron chi connectivity index (χ0n) is 17.2. The van der Waals surface area contributed by atoms with Gasteiger partial charge in [-0.15, -0.1) is 10.2 Å². The number of aromatic nitrogens is 3. The topological polar surface area (TPSA) is 72.2 Å². The number of para-hydroxylation sites is 2. The molecule has 1 aromatic heterocycles. The summed E-state index contributed by atoms with van der Waals surface area (Å²) in [6, 6.07) is 27.5. The zero-order valence-corrected chi connectivity index (χ0v) is 18.0. The molecule has 0 bridgehead atoms. The van der Waals surface area contributed by atoms with Crippen LogP contribution < -0.4 is 5.43 Å². The van der Waals surface area contributed by atoms with Crippen LogP contribution in [-0.2, 0) is 4.79 Å². The van der Waals surface area contributed by atoms with Gasteiger partial charge in [-0.1, -0.05) is 66.7 Å². The molecule has 0 saturated heterocycles. The average molecular weight is 428 g/mol. The number of thioether (sulfide) groups is 1. The number of carbonyl (C=O) groups is 1. The summed E-state index contributed by atoms with van der Waals surface area (Å²) in [4.78, 5) is 12.3. The van der Waals surface area contributed by atoms with E-state index in [4.69, 9.17) is 0 Å². The highest BCUT2D eigenvalue weighted by Gasteiger charge is 2.20. The Bertz CT molecular complexity index is 1220. The van der Waals surface area contributed by atoms with Crippen LogP contribution in [0.15, 0.2) is 95.2 Å². The first kappa shape index (κ1) is 20.6. The van der Waals surface area contributed by atoms with Crippen molar-refractivity contribution in [3.63, 3.8) is 0 Å². The van der Waals surface area contributed by atoms with Gasteiger partial charge in [0.25, 0.3) is 0 Å². The lowest BCUT2D eigenvalue weighted by Crippen LogP contribution is -2.10. The lowest BCUT2D eigenvalue weighted by molar-refractivity contribution is -0.110. The summed E-state index contributed by atoms with van der Waals surface area (Å²) in [5, 5.41) is 14.0. The SMILES string of the molecule is CC(=O)/C(=N\Nc1ccccc1C)Sc1nnc(-c2ccccc2)n1-c1ccccc1. The van der Waals surface area contributed by atoms with Crippen molar-refractivity contribution < 1.29 is 4.79 Å². The molecule has 0 spiro atoms. The van der Waals surface area contributed by atoms with Gasteiger partial charge in [-0.2, -0.15) is 5.10 Å². The van der Waals surface area contributed by atoms with Crippen LogP contribution in [-0.4, -0.2) is 25.6 Å². The molecule has 0 saturated carbocycles. The van der Waals surface area contributed by atoms with Crippen LogP contribution in [0, 0.1) is 6.92 Å². The maximum Gasteiger partial charge on any atom is 0.202 e. The normalized spacial score (nSPS) is 11.4. The highest BCUT2D eigenvalue weighted by atomic mass is 32.2. The van der Waals surface area contributed by atoms with Gasteiger partial charge in [-0.25, -0.2) is 0 Å². The van der Waals surface area contributed by atoms with Gasteiger partial charge in [0.15, 0.2) is 16.7 Å². The fraction of sp³-hybridized carbons (Fsp3) is 0.0833. The molecule has 0 aliphatic rings. The Morgan fingerprint density at radius 3 is 2.23 bits per heavy atom. The number of anilines is 1. The van der Waals surface area contributed by atoms with E-state index in [2.05, 4.69) is 20.7 Å². The molecule has 0 amide bonds. The zero-order chi connectivity index (χ0) is 21.6. The third kappa shape index (κ3) is 4.73. The fourth-order valence-corrected chi connectivity index (χ4v) is 3.76. The third-order valence-electron chi connectivity index (χ3n) is 4.59. The molecule has 1 N–H and O–H groups in total. The van der Waals surface area contributed by atoms with Crippen molar-refractivity contribution in [2.75, 3.05) is 5.43 Å². The molecule has 1 heterocycles. The quantitative estimate of drug-likeness (QED) is 0.194. The summed E-state index contributed by atoms with van der Waals surface area (Å²) in [6.07, 6.45) is 0. The van der Waals surface area contributed by atoms with Gasteiger partial charge >= 0.3 is 0 Å². The van der Waals surface area contributed by atoms with Crippen molar-refractivity contribution in [1.29, 1.82) is 0 Å². The Kier molecular flexibility index (Phi) is 6.24. The number of aryl methyl sites for hydroxylation is 1. The number of nitrogens with zero attached hydrogens (tertiary/aromatic N) is 4. The molecule has 6 nitrogen and oxygen atoms in total. The smallest absolute Gasteiger partial charge is 0.202 e. The number of hydrazone groups is 1. The van der Waals surface area contributed by atoms with Crippen LogP contribution in [0.3, 0.4) is 0 Å². The van der Waals surface area contributed by atoms with Crippen molar-refractivity contribution in [2.24, 2.45) is 5.10 Å². The maximum absolute atomic E-state index is 12.3. The largest absolute Gasteiger partial charge is 0.292 e. The van der Waals surface area contributed by atoms with E-state index < -0.39 is 0 Å². The second-order valence-electron chi connectivity index (χ2n) is 6.85. The molecular formula is C24H21N5OS. The molecule has 0 fully saturated rings. The number of ketones is 1. The first-order chi connectivity index (χ1) is 15.1. The average Bonchev–Trinajstić information content (AvgIpc) is 3.22. The van der Waals surface area contributed by atoms with Gasteiger partial charge in [0.2, 0.25) is 5.16 Å². The summed E-state index contributed by atoms with van der Waals surface area (Å²) >= 11 is 1.19. The van der Waals surface area contributed by atoms with Gasteiger partial charge < -0.3 is 0 Å². The van der Waals surface area contributed by atoms with Gasteiger partial charge in [0, 0.05) is 18.2 Å². The number of benzene rings is 3. The van der Waals surface area contributed by atoms with Crippen molar-refractivity contribution in [1.82, 2.24) is 14.8 Å². The Labute approximate surface area is 185 Å². The minimum Gasteiger partial charge on any atom is -0.292 e. The Morgan fingerprint density at radius 1 is 0.903 bits per heavy atom. The minimum atomic E-state index is -0.157. The van der Waals surface area contributed by atoms with Crippen LogP contribution in [0.5, 0.6) is 0 Å². The second kappa shape index (κ2) is 9.40. The van der Waals surface area contributed by atoms with Gasteiger partial charge in [0.05, 0.1) is 5.69 Å². The highest BCUT2D eigenvalue weighted by molar-refractivity contribution is 8.15. The lowest BCUT2D eigenvalue weighted by Gasteiger charge is -2.11. The van der Waals surface area contributed by atoms with E-state index in [0.29, 0.717) is 16.0 Å². The van der Waals surface area contributed by atoms with E-state index >= 15 is 0 Å². The third-order valence-corrected chi connectivity index (χ3v) is 5.61. The summed E-state index contributed by atoms with van der Waals surface area (Å²) in [6.45, 7) is 3.48. The molecule has 0 aliphatic heterocycles.